The van der Waals surface area contributed by atoms with Crippen molar-refractivity contribution in [1.29, 1.82) is 0 Å². The summed E-state index contributed by atoms with van der Waals surface area (Å²) in [5.41, 5.74) is 4.82. The van der Waals surface area contributed by atoms with Crippen molar-refractivity contribution >= 4 is 23.6 Å². The summed E-state index contributed by atoms with van der Waals surface area (Å²) in [4.78, 5) is 14.2. The molecule has 0 aliphatic carbocycles. The minimum Gasteiger partial charge on any atom is -0.398 e. The average molecular weight is 221 g/mol. The molecule has 0 fully saturated rings. The lowest BCUT2D eigenvalue weighted by atomic mass is 10.1. The normalized spacial score (nSPS) is 10.6. The molecule has 0 atom stereocenters. The van der Waals surface area contributed by atoms with Gasteiger partial charge in [0, 0.05) is 6.20 Å². The van der Waals surface area contributed by atoms with Crippen molar-refractivity contribution in [1.82, 2.24) is 4.98 Å². The molecule has 6 heteroatoms. The SMILES string of the molecule is Nc1c(C(F)F)cnc(CCl)c1C=O. The maximum Gasteiger partial charge on any atom is 0.267 e. The molecule has 0 amide bonds. The number of nitrogens with two attached hydrogens (primary N) is 1. The van der Waals surface area contributed by atoms with Crippen molar-refractivity contribution in [3.63, 3.8) is 0 Å². The van der Waals surface area contributed by atoms with E-state index in [0.29, 0.717) is 6.29 Å². The quantitative estimate of drug-likeness (QED) is 0.627. The molecule has 1 rings (SSSR count). The van der Waals surface area contributed by atoms with Gasteiger partial charge in [0.25, 0.3) is 6.43 Å². The molecule has 0 aliphatic heterocycles. The Labute approximate surface area is 83.9 Å². The summed E-state index contributed by atoms with van der Waals surface area (Å²) in [7, 11) is 0. The molecule has 0 bridgehead atoms. The predicted molar refractivity (Wildman–Crippen MR) is 48.6 cm³/mol. The first-order chi connectivity index (χ1) is 6.61. The van der Waals surface area contributed by atoms with Crippen LogP contribution < -0.4 is 5.73 Å². The van der Waals surface area contributed by atoms with E-state index in [1.165, 1.54) is 0 Å². The summed E-state index contributed by atoms with van der Waals surface area (Å²) in [6.45, 7) is 0. The molecule has 3 nitrogen and oxygen atoms in total. The molecule has 1 aromatic heterocycles. The van der Waals surface area contributed by atoms with E-state index in [9.17, 15) is 13.6 Å². The monoisotopic (exact) mass is 220 g/mol. The molecule has 0 radical (unpaired) electrons. The van der Waals surface area contributed by atoms with Gasteiger partial charge in [-0.05, 0) is 0 Å². The van der Waals surface area contributed by atoms with Crippen LogP contribution in [0.2, 0.25) is 0 Å². The predicted octanol–water partition coefficient (Wildman–Crippen LogP) is 2.15. The molecule has 0 unspecified atom stereocenters. The zero-order chi connectivity index (χ0) is 10.7. The third-order valence-corrected chi connectivity index (χ3v) is 2.00. The number of rotatable bonds is 3. The first-order valence-corrected chi connectivity index (χ1v) is 4.21. The van der Waals surface area contributed by atoms with Gasteiger partial charge in [-0.1, -0.05) is 0 Å². The minimum absolute atomic E-state index is 0.0399. The van der Waals surface area contributed by atoms with E-state index >= 15 is 0 Å². The molecule has 0 saturated heterocycles. The van der Waals surface area contributed by atoms with Crippen molar-refractivity contribution in [3.05, 3.63) is 23.0 Å². The highest BCUT2D eigenvalue weighted by molar-refractivity contribution is 6.17. The number of nitrogens with zero attached hydrogens (tertiary/aromatic N) is 1. The van der Waals surface area contributed by atoms with Gasteiger partial charge in [0.05, 0.1) is 28.4 Å². The minimum atomic E-state index is -2.74. The Hall–Kier alpha value is -1.23. The third kappa shape index (κ3) is 1.82. The first kappa shape index (κ1) is 10.8. The lowest BCUT2D eigenvalue weighted by Crippen LogP contribution is -2.05. The summed E-state index contributed by atoms with van der Waals surface area (Å²) in [5.74, 6) is -0.0399. The molecular weight excluding hydrogens is 214 g/mol. The van der Waals surface area contributed by atoms with Crippen LogP contribution in [0, 0.1) is 0 Å². The van der Waals surface area contributed by atoms with Crippen LogP contribution in [-0.4, -0.2) is 11.3 Å². The van der Waals surface area contributed by atoms with Gasteiger partial charge >= 0.3 is 0 Å². The van der Waals surface area contributed by atoms with Gasteiger partial charge in [0.15, 0.2) is 6.29 Å². The molecule has 1 aromatic rings. The Balaban J connectivity index is 3.34. The van der Waals surface area contributed by atoms with Gasteiger partial charge in [-0.2, -0.15) is 0 Å². The topological polar surface area (TPSA) is 56.0 Å². The Morgan fingerprint density at radius 1 is 1.64 bits per heavy atom. The van der Waals surface area contributed by atoms with Gasteiger partial charge < -0.3 is 5.73 Å². The summed E-state index contributed by atoms with van der Waals surface area (Å²) in [6.07, 6.45) is -1.43. The number of pyridine rings is 1. The fraction of sp³-hybridized carbons (Fsp3) is 0.250. The van der Waals surface area contributed by atoms with E-state index in [0.717, 1.165) is 6.20 Å². The van der Waals surface area contributed by atoms with E-state index in [1.54, 1.807) is 0 Å². The zero-order valence-corrected chi connectivity index (χ0v) is 7.76. The lowest BCUT2D eigenvalue weighted by Gasteiger charge is -2.08. The van der Waals surface area contributed by atoms with Crippen LogP contribution >= 0.6 is 11.6 Å². The Morgan fingerprint density at radius 2 is 2.29 bits per heavy atom. The first-order valence-electron chi connectivity index (χ1n) is 3.68. The molecule has 0 saturated carbocycles. The van der Waals surface area contributed by atoms with Crippen molar-refractivity contribution < 1.29 is 13.6 Å². The summed E-state index contributed by atoms with van der Waals surface area (Å²) >= 11 is 5.45. The standard InChI is InChI=1S/C8H7ClF2N2O/c9-1-6-5(3-14)7(12)4(2-13-6)8(10)11/h2-3,8H,1H2,(H2,12,13). The van der Waals surface area contributed by atoms with Crippen molar-refractivity contribution in [2.75, 3.05) is 5.73 Å². The second-order valence-corrected chi connectivity index (χ2v) is 2.81. The highest BCUT2D eigenvalue weighted by Gasteiger charge is 2.17. The van der Waals surface area contributed by atoms with E-state index < -0.39 is 12.0 Å². The number of alkyl halides is 3. The van der Waals surface area contributed by atoms with Crippen LogP contribution in [0.5, 0.6) is 0 Å². The highest BCUT2D eigenvalue weighted by atomic mass is 35.5. The van der Waals surface area contributed by atoms with Gasteiger partial charge in [0.2, 0.25) is 0 Å². The number of carbonyl (C=O) groups excluding carboxylic acids is 1. The van der Waals surface area contributed by atoms with Crippen LogP contribution in [0.3, 0.4) is 0 Å². The van der Waals surface area contributed by atoms with Crippen LogP contribution in [0.4, 0.5) is 14.5 Å². The van der Waals surface area contributed by atoms with Crippen molar-refractivity contribution in [2.45, 2.75) is 12.3 Å². The number of anilines is 1. The van der Waals surface area contributed by atoms with E-state index in [-0.39, 0.29) is 22.8 Å². The molecule has 76 valence electrons. The largest absolute Gasteiger partial charge is 0.398 e. The van der Waals surface area contributed by atoms with Crippen molar-refractivity contribution in [2.24, 2.45) is 0 Å². The molecule has 0 spiro atoms. The molecule has 14 heavy (non-hydrogen) atoms. The van der Waals surface area contributed by atoms with E-state index in [1.807, 2.05) is 0 Å². The number of halogens is 3. The van der Waals surface area contributed by atoms with Gasteiger partial charge in [-0.3, -0.25) is 9.78 Å². The summed E-state index contributed by atoms with van der Waals surface area (Å²) in [5, 5.41) is 0. The van der Waals surface area contributed by atoms with Crippen LogP contribution in [-0.2, 0) is 5.88 Å². The fourth-order valence-electron chi connectivity index (χ4n) is 1.01. The van der Waals surface area contributed by atoms with Crippen LogP contribution in [0.15, 0.2) is 6.20 Å². The maximum absolute atomic E-state index is 12.3. The van der Waals surface area contributed by atoms with Gasteiger partial charge in [-0.25, -0.2) is 8.78 Å². The highest BCUT2D eigenvalue weighted by Crippen LogP contribution is 2.27. The molecule has 0 aliphatic rings. The fourth-order valence-corrected chi connectivity index (χ4v) is 1.22. The number of aldehydes is 1. The number of hydrogen-bond donors (Lipinski definition) is 1. The molecule has 0 aromatic carbocycles. The zero-order valence-electron chi connectivity index (χ0n) is 7.01. The smallest absolute Gasteiger partial charge is 0.267 e. The number of aromatic nitrogens is 1. The number of carbonyl (C=O) groups is 1. The van der Waals surface area contributed by atoms with Gasteiger partial charge in [-0.15, -0.1) is 11.6 Å². The summed E-state index contributed by atoms with van der Waals surface area (Å²) < 4.78 is 24.6. The van der Waals surface area contributed by atoms with Crippen LogP contribution in [0.1, 0.15) is 28.0 Å². The van der Waals surface area contributed by atoms with Gasteiger partial charge in [0.1, 0.15) is 0 Å². The Morgan fingerprint density at radius 3 is 2.71 bits per heavy atom. The Kier molecular flexibility index (Phi) is 3.35. The van der Waals surface area contributed by atoms with E-state index in [4.69, 9.17) is 17.3 Å². The molecule has 2 N–H and O–H groups in total. The maximum atomic E-state index is 12.3. The lowest BCUT2D eigenvalue weighted by molar-refractivity contribution is 0.112. The Bertz CT molecular complexity index is 357. The molecular formula is C8H7ClF2N2O. The summed E-state index contributed by atoms with van der Waals surface area (Å²) in [6, 6.07) is 0. The second kappa shape index (κ2) is 4.32. The third-order valence-electron chi connectivity index (χ3n) is 1.75. The average Bonchev–Trinajstić information content (AvgIpc) is 2.16. The second-order valence-electron chi connectivity index (χ2n) is 2.54. The van der Waals surface area contributed by atoms with E-state index in [2.05, 4.69) is 4.98 Å². The number of nitrogen functional groups attached to an aromatic ring is 1. The van der Waals surface area contributed by atoms with Crippen LogP contribution in [0.25, 0.3) is 0 Å². The number of hydrogen-bond acceptors (Lipinski definition) is 3. The van der Waals surface area contributed by atoms with Crippen molar-refractivity contribution in [3.8, 4) is 0 Å². The molecule has 1 heterocycles.